The van der Waals surface area contributed by atoms with Crippen molar-refractivity contribution in [2.75, 3.05) is 6.61 Å². The van der Waals surface area contributed by atoms with Crippen LogP contribution < -0.4 is 15.2 Å². The first-order chi connectivity index (χ1) is 13.5. The van der Waals surface area contributed by atoms with Crippen molar-refractivity contribution >= 4 is 11.8 Å². The fourth-order valence-corrected chi connectivity index (χ4v) is 3.82. The van der Waals surface area contributed by atoms with E-state index in [0.29, 0.717) is 33.8 Å². The van der Waals surface area contributed by atoms with Crippen LogP contribution in [0.3, 0.4) is 0 Å². The fraction of sp³-hybridized carbons (Fsp3) is 0.286. The number of ether oxygens (including phenoxy) is 2. The lowest BCUT2D eigenvalue weighted by Gasteiger charge is -2.29. The van der Waals surface area contributed by atoms with Crippen LogP contribution in [0, 0.1) is 17.2 Å². The molecule has 0 radical (unpaired) electrons. The number of nitriles is 1. The molecule has 7 heteroatoms. The van der Waals surface area contributed by atoms with Gasteiger partial charge in [0.15, 0.2) is 5.16 Å². The highest BCUT2D eigenvalue weighted by atomic mass is 32.2. The smallest absolute Gasteiger partial charge is 0.233 e. The van der Waals surface area contributed by atoms with Gasteiger partial charge in [-0.2, -0.15) is 15.2 Å². The lowest BCUT2D eigenvalue weighted by Crippen LogP contribution is -2.25. The lowest BCUT2D eigenvalue weighted by molar-refractivity contribution is 0.306. The summed E-state index contributed by atoms with van der Waals surface area (Å²) in [6.45, 7) is 8.01. The summed E-state index contributed by atoms with van der Waals surface area (Å²) in [5, 5.41) is 10.1. The molecule has 2 aromatic rings. The van der Waals surface area contributed by atoms with E-state index in [2.05, 4.69) is 22.6 Å². The minimum atomic E-state index is -0.290. The van der Waals surface area contributed by atoms with Crippen molar-refractivity contribution in [2.45, 2.75) is 30.7 Å². The molecule has 0 spiro atoms. The molecule has 3 rings (SSSR count). The molecule has 2 heterocycles. The van der Waals surface area contributed by atoms with Gasteiger partial charge < -0.3 is 15.2 Å². The van der Waals surface area contributed by atoms with Gasteiger partial charge in [0.05, 0.1) is 11.1 Å². The number of nitrogens with two attached hydrogens (primary N) is 1. The van der Waals surface area contributed by atoms with Crippen molar-refractivity contribution in [1.82, 2.24) is 9.97 Å². The van der Waals surface area contributed by atoms with Gasteiger partial charge in [-0.1, -0.05) is 68.6 Å². The molecule has 1 unspecified atom stereocenters. The van der Waals surface area contributed by atoms with Crippen LogP contribution in [-0.4, -0.2) is 16.6 Å². The molecule has 0 saturated heterocycles. The van der Waals surface area contributed by atoms with Gasteiger partial charge in [0.25, 0.3) is 0 Å². The van der Waals surface area contributed by atoms with E-state index in [9.17, 15) is 5.26 Å². The number of aromatic nitrogens is 2. The third kappa shape index (κ3) is 4.12. The van der Waals surface area contributed by atoms with E-state index >= 15 is 0 Å². The van der Waals surface area contributed by atoms with Gasteiger partial charge in [0, 0.05) is 11.7 Å². The Labute approximate surface area is 169 Å². The normalized spacial score (nSPS) is 15.6. The van der Waals surface area contributed by atoms with Crippen molar-refractivity contribution in [1.29, 1.82) is 5.26 Å². The SMILES string of the molecule is C=CCOc1nc(SCc2ccccc2)nc2c1C(C(C)C)C(C#N)=C(N)O2. The number of benzene rings is 1. The Bertz CT molecular complexity index is 935. The third-order valence-electron chi connectivity index (χ3n) is 4.29. The van der Waals surface area contributed by atoms with E-state index in [4.69, 9.17) is 15.2 Å². The van der Waals surface area contributed by atoms with Crippen molar-refractivity contribution in [2.24, 2.45) is 11.7 Å². The molecule has 1 atom stereocenters. The molecule has 1 aliphatic rings. The van der Waals surface area contributed by atoms with Gasteiger partial charge in [-0.3, -0.25) is 0 Å². The Balaban J connectivity index is 2.01. The molecule has 0 bridgehead atoms. The third-order valence-corrected chi connectivity index (χ3v) is 5.20. The number of fused-ring (bicyclic) bond motifs is 1. The predicted molar refractivity (Wildman–Crippen MR) is 109 cm³/mol. The Morgan fingerprint density at radius 2 is 2.11 bits per heavy atom. The zero-order valence-electron chi connectivity index (χ0n) is 15.9. The minimum Gasteiger partial charge on any atom is -0.473 e. The number of nitrogens with zero attached hydrogens (tertiary/aromatic N) is 3. The monoisotopic (exact) mass is 394 g/mol. The molecule has 0 fully saturated rings. The Hall–Kier alpha value is -2.98. The van der Waals surface area contributed by atoms with E-state index in [-0.39, 0.29) is 24.3 Å². The maximum absolute atomic E-state index is 9.57. The number of rotatable bonds is 7. The van der Waals surface area contributed by atoms with Crippen molar-refractivity contribution in [3.8, 4) is 17.8 Å². The van der Waals surface area contributed by atoms with E-state index < -0.39 is 0 Å². The zero-order chi connectivity index (χ0) is 20.1. The van der Waals surface area contributed by atoms with E-state index in [0.717, 1.165) is 5.56 Å². The molecule has 0 aliphatic carbocycles. The molecule has 6 nitrogen and oxygen atoms in total. The molecule has 144 valence electrons. The fourth-order valence-electron chi connectivity index (χ4n) is 3.04. The maximum Gasteiger partial charge on any atom is 0.233 e. The topological polar surface area (TPSA) is 94.1 Å². The van der Waals surface area contributed by atoms with Gasteiger partial charge in [-0.25, -0.2) is 0 Å². The predicted octanol–water partition coefficient (Wildman–Crippen LogP) is 4.16. The molecule has 28 heavy (non-hydrogen) atoms. The van der Waals surface area contributed by atoms with Crippen LogP contribution in [-0.2, 0) is 5.75 Å². The van der Waals surface area contributed by atoms with Crippen LogP contribution >= 0.6 is 11.8 Å². The summed E-state index contributed by atoms with van der Waals surface area (Å²) in [5.74, 6) is 1.35. The van der Waals surface area contributed by atoms with E-state index in [1.165, 1.54) is 11.8 Å². The summed E-state index contributed by atoms with van der Waals surface area (Å²) < 4.78 is 11.5. The number of hydrogen-bond donors (Lipinski definition) is 1. The first-order valence-corrected chi connectivity index (χ1v) is 9.93. The molecule has 0 amide bonds. The average Bonchev–Trinajstić information content (AvgIpc) is 2.69. The Kier molecular flexibility index (Phi) is 6.22. The largest absolute Gasteiger partial charge is 0.473 e. The second-order valence-corrected chi connectivity index (χ2v) is 7.56. The maximum atomic E-state index is 9.57. The molecule has 1 aromatic heterocycles. The summed E-state index contributed by atoms with van der Waals surface area (Å²) in [4.78, 5) is 9.14. The van der Waals surface area contributed by atoms with Gasteiger partial charge in [-0.05, 0) is 11.5 Å². The second-order valence-electron chi connectivity index (χ2n) is 6.62. The average molecular weight is 395 g/mol. The summed E-state index contributed by atoms with van der Waals surface area (Å²) in [6.07, 6.45) is 1.65. The van der Waals surface area contributed by atoms with Crippen molar-refractivity contribution in [3.05, 3.63) is 65.6 Å². The quantitative estimate of drug-likeness (QED) is 0.428. The molecule has 2 N–H and O–H groups in total. The van der Waals surface area contributed by atoms with Crippen LogP contribution in [0.4, 0.5) is 0 Å². The van der Waals surface area contributed by atoms with Crippen LogP contribution in [0.25, 0.3) is 0 Å². The minimum absolute atomic E-state index is 0.0843. The molecular formula is C21H22N4O2S. The first kappa shape index (κ1) is 19.8. The van der Waals surface area contributed by atoms with Crippen LogP contribution in [0.2, 0.25) is 0 Å². The number of thioether (sulfide) groups is 1. The van der Waals surface area contributed by atoms with Crippen LogP contribution in [0.5, 0.6) is 11.8 Å². The van der Waals surface area contributed by atoms with Gasteiger partial charge >= 0.3 is 0 Å². The van der Waals surface area contributed by atoms with Gasteiger partial charge in [0.2, 0.25) is 17.6 Å². The molecule has 1 aliphatic heterocycles. The molecular weight excluding hydrogens is 372 g/mol. The first-order valence-electron chi connectivity index (χ1n) is 8.95. The Morgan fingerprint density at radius 1 is 1.36 bits per heavy atom. The van der Waals surface area contributed by atoms with Crippen LogP contribution in [0.15, 0.2) is 59.6 Å². The van der Waals surface area contributed by atoms with Crippen molar-refractivity contribution < 1.29 is 9.47 Å². The second kappa shape index (κ2) is 8.81. The summed E-state index contributed by atoms with van der Waals surface area (Å²) in [7, 11) is 0. The van der Waals surface area contributed by atoms with Crippen LogP contribution in [0.1, 0.15) is 30.9 Å². The zero-order valence-corrected chi connectivity index (χ0v) is 16.7. The number of hydrogen-bond acceptors (Lipinski definition) is 7. The molecule has 1 aromatic carbocycles. The highest BCUT2D eigenvalue weighted by molar-refractivity contribution is 7.98. The van der Waals surface area contributed by atoms with Gasteiger partial charge in [0.1, 0.15) is 12.7 Å². The Morgan fingerprint density at radius 3 is 2.75 bits per heavy atom. The summed E-state index contributed by atoms with van der Waals surface area (Å²) >= 11 is 1.48. The van der Waals surface area contributed by atoms with Crippen molar-refractivity contribution in [3.63, 3.8) is 0 Å². The highest BCUT2D eigenvalue weighted by Crippen LogP contribution is 2.46. The standard InChI is InChI=1S/C21H22N4O2S/c1-4-10-26-19-17-16(13(2)3)15(11-22)18(23)27-20(17)25-21(24-19)28-12-14-8-6-5-7-9-14/h4-9,13,16H,1,10,12,23H2,2-3H3. The highest BCUT2D eigenvalue weighted by Gasteiger charge is 2.36. The van der Waals surface area contributed by atoms with Gasteiger partial charge in [-0.15, -0.1) is 0 Å². The summed E-state index contributed by atoms with van der Waals surface area (Å²) in [5.41, 5.74) is 8.20. The lowest BCUT2D eigenvalue weighted by atomic mass is 9.82. The summed E-state index contributed by atoms with van der Waals surface area (Å²) in [6, 6.07) is 12.2. The molecule has 0 saturated carbocycles. The van der Waals surface area contributed by atoms with E-state index in [1.54, 1.807) is 6.08 Å². The van der Waals surface area contributed by atoms with E-state index in [1.807, 2.05) is 44.2 Å². The number of allylic oxidation sites excluding steroid dienone is 1.